The van der Waals surface area contributed by atoms with Gasteiger partial charge >= 0.3 is 0 Å². The number of carbonyl (C=O) groups is 2. The van der Waals surface area contributed by atoms with Crippen LogP contribution in [-0.4, -0.2) is 41.3 Å². The van der Waals surface area contributed by atoms with Crippen LogP contribution in [-0.2, 0) is 4.79 Å². The standard InChI is InChI=1S/C21H25N3O2S.ClH/c1-15-7-8-17(21(26)24-9-11-27-12-10-24)13-19(15)23-20(25)14-18(22)16-5-3-2-4-6-16;/h2-8,13,18H,9-12,14,22H2,1H3,(H,23,25);1H. The Balaban J connectivity index is 0.00000280. The number of thioether (sulfide) groups is 1. The molecule has 150 valence electrons. The monoisotopic (exact) mass is 419 g/mol. The van der Waals surface area contributed by atoms with Gasteiger partial charge in [0.15, 0.2) is 0 Å². The third-order valence-corrected chi connectivity index (χ3v) is 5.63. The van der Waals surface area contributed by atoms with Crippen molar-refractivity contribution in [2.75, 3.05) is 29.9 Å². The smallest absolute Gasteiger partial charge is 0.253 e. The molecule has 3 rings (SSSR count). The van der Waals surface area contributed by atoms with Crippen molar-refractivity contribution in [2.24, 2.45) is 5.73 Å². The molecule has 1 aliphatic heterocycles. The van der Waals surface area contributed by atoms with Gasteiger partial charge in [-0.3, -0.25) is 9.59 Å². The molecule has 2 amide bonds. The molecule has 1 heterocycles. The summed E-state index contributed by atoms with van der Waals surface area (Å²) in [6.07, 6.45) is 0.185. The summed E-state index contributed by atoms with van der Waals surface area (Å²) in [6, 6.07) is 14.7. The van der Waals surface area contributed by atoms with Gasteiger partial charge in [0.1, 0.15) is 0 Å². The van der Waals surface area contributed by atoms with Gasteiger partial charge in [0.25, 0.3) is 5.91 Å². The summed E-state index contributed by atoms with van der Waals surface area (Å²) in [7, 11) is 0. The number of benzene rings is 2. The lowest BCUT2D eigenvalue weighted by Crippen LogP contribution is -2.37. The highest BCUT2D eigenvalue weighted by molar-refractivity contribution is 7.99. The Bertz CT molecular complexity index is 811. The molecule has 3 N–H and O–H groups in total. The third-order valence-electron chi connectivity index (χ3n) is 4.69. The number of anilines is 1. The number of carbonyl (C=O) groups excluding carboxylic acids is 2. The number of nitrogens with two attached hydrogens (primary N) is 1. The summed E-state index contributed by atoms with van der Waals surface area (Å²) in [4.78, 5) is 27.0. The SMILES string of the molecule is Cc1ccc(C(=O)N2CCSCC2)cc1NC(=O)CC(N)c1ccccc1.Cl. The maximum Gasteiger partial charge on any atom is 0.253 e. The largest absolute Gasteiger partial charge is 0.337 e. The predicted octanol–water partition coefficient (Wildman–Crippen LogP) is 3.63. The van der Waals surface area contributed by atoms with E-state index in [0.29, 0.717) is 11.3 Å². The Kier molecular flexibility index (Phi) is 8.35. The van der Waals surface area contributed by atoms with Gasteiger partial charge in [-0.2, -0.15) is 11.8 Å². The van der Waals surface area contributed by atoms with Crippen molar-refractivity contribution in [3.05, 3.63) is 65.2 Å². The molecule has 0 aliphatic carbocycles. The second kappa shape index (κ2) is 10.5. The fourth-order valence-electron chi connectivity index (χ4n) is 3.06. The normalized spacial score (nSPS) is 14.7. The lowest BCUT2D eigenvalue weighted by atomic mass is 10.0. The highest BCUT2D eigenvalue weighted by Gasteiger charge is 2.19. The van der Waals surface area contributed by atoms with E-state index in [9.17, 15) is 9.59 Å². The van der Waals surface area contributed by atoms with E-state index in [4.69, 9.17) is 5.73 Å². The molecule has 1 fully saturated rings. The Labute approximate surface area is 176 Å². The van der Waals surface area contributed by atoms with Gasteiger partial charge in [0, 0.05) is 48.3 Å². The van der Waals surface area contributed by atoms with Crippen LogP contribution in [0.3, 0.4) is 0 Å². The van der Waals surface area contributed by atoms with Crippen LogP contribution < -0.4 is 11.1 Å². The van der Waals surface area contributed by atoms with E-state index in [1.807, 2.05) is 66.1 Å². The highest BCUT2D eigenvalue weighted by Crippen LogP contribution is 2.21. The second-order valence-electron chi connectivity index (χ2n) is 6.70. The van der Waals surface area contributed by atoms with Crippen molar-refractivity contribution in [1.82, 2.24) is 4.90 Å². The number of halogens is 1. The first-order valence-electron chi connectivity index (χ1n) is 9.12. The minimum Gasteiger partial charge on any atom is -0.337 e. The Morgan fingerprint density at radius 3 is 2.50 bits per heavy atom. The molecule has 0 radical (unpaired) electrons. The Morgan fingerprint density at radius 1 is 1.14 bits per heavy atom. The molecule has 0 bridgehead atoms. The zero-order valence-electron chi connectivity index (χ0n) is 15.9. The quantitative estimate of drug-likeness (QED) is 0.775. The Morgan fingerprint density at radius 2 is 1.82 bits per heavy atom. The number of rotatable bonds is 5. The van der Waals surface area contributed by atoms with Crippen LogP contribution in [0.4, 0.5) is 5.69 Å². The molecular formula is C21H26ClN3O2S. The lowest BCUT2D eigenvalue weighted by Gasteiger charge is -2.26. The number of amides is 2. The van der Waals surface area contributed by atoms with E-state index in [1.165, 1.54) is 0 Å². The Hall–Kier alpha value is -2.02. The van der Waals surface area contributed by atoms with Crippen LogP contribution in [0.5, 0.6) is 0 Å². The fraction of sp³-hybridized carbons (Fsp3) is 0.333. The lowest BCUT2D eigenvalue weighted by molar-refractivity contribution is -0.116. The van der Waals surface area contributed by atoms with Gasteiger partial charge in [-0.1, -0.05) is 36.4 Å². The summed E-state index contributed by atoms with van der Waals surface area (Å²) < 4.78 is 0. The van der Waals surface area contributed by atoms with E-state index < -0.39 is 0 Å². The number of nitrogens with zero attached hydrogens (tertiary/aromatic N) is 1. The van der Waals surface area contributed by atoms with Crippen molar-refractivity contribution in [1.29, 1.82) is 0 Å². The van der Waals surface area contributed by atoms with Gasteiger partial charge in [-0.25, -0.2) is 0 Å². The summed E-state index contributed by atoms with van der Waals surface area (Å²) in [5.74, 6) is 1.80. The number of hydrogen-bond donors (Lipinski definition) is 2. The van der Waals surface area contributed by atoms with Crippen molar-refractivity contribution in [3.8, 4) is 0 Å². The molecule has 2 aromatic rings. The van der Waals surface area contributed by atoms with Gasteiger partial charge in [-0.15, -0.1) is 12.4 Å². The summed E-state index contributed by atoms with van der Waals surface area (Å²) in [5.41, 5.74) is 9.26. The number of aryl methyl sites for hydroxylation is 1. The van der Waals surface area contributed by atoms with Crippen LogP contribution in [0.2, 0.25) is 0 Å². The third kappa shape index (κ3) is 5.74. The second-order valence-corrected chi connectivity index (χ2v) is 7.93. The molecule has 1 atom stereocenters. The van der Waals surface area contributed by atoms with Crippen molar-refractivity contribution in [3.63, 3.8) is 0 Å². The summed E-state index contributed by atoms with van der Waals surface area (Å²) in [6.45, 7) is 3.45. The van der Waals surface area contributed by atoms with Crippen molar-refractivity contribution >= 4 is 41.7 Å². The van der Waals surface area contributed by atoms with Gasteiger partial charge in [0.2, 0.25) is 5.91 Å². The molecule has 1 unspecified atom stereocenters. The zero-order valence-corrected chi connectivity index (χ0v) is 17.5. The average molecular weight is 420 g/mol. The van der Waals surface area contributed by atoms with E-state index in [-0.39, 0.29) is 36.7 Å². The van der Waals surface area contributed by atoms with Crippen molar-refractivity contribution in [2.45, 2.75) is 19.4 Å². The van der Waals surface area contributed by atoms with E-state index in [2.05, 4.69) is 5.32 Å². The molecule has 1 aliphatic rings. The summed E-state index contributed by atoms with van der Waals surface area (Å²) in [5, 5.41) is 2.92. The minimum atomic E-state index is -0.359. The fourth-order valence-corrected chi connectivity index (χ4v) is 3.96. The first-order chi connectivity index (χ1) is 13.0. The molecular weight excluding hydrogens is 394 g/mol. The van der Waals surface area contributed by atoms with Crippen LogP contribution >= 0.6 is 24.2 Å². The number of nitrogens with one attached hydrogen (secondary N) is 1. The first-order valence-corrected chi connectivity index (χ1v) is 10.3. The van der Waals surface area contributed by atoms with E-state index in [1.54, 1.807) is 6.07 Å². The maximum absolute atomic E-state index is 12.7. The topological polar surface area (TPSA) is 75.4 Å². The van der Waals surface area contributed by atoms with E-state index in [0.717, 1.165) is 35.7 Å². The predicted molar refractivity (Wildman–Crippen MR) is 118 cm³/mol. The molecule has 1 saturated heterocycles. The molecule has 0 saturated carbocycles. The maximum atomic E-state index is 12.7. The highest BCUT2D eigenvalue weighted by atomic mass is 35.5. The molecule has 5 nitrogen and oxygen atoms in total. The molecule has 28 heavy (non-hydrogen) atoms. The number of hydrogen-bond acceptors (Lipinski definition) is 4. The van der Waals surface area contributed by atoms with Crippen LogP contribution in [0.1, 0.15) is 33.9 Å². The van der Waals surface area contributed by atoms with Crippen LogP contribution in [0.25, 0.3) is 0 Å². The molecule has 2 aromatic carbocycles. The summed E-state index contributed by atoms with van der Waals surface area (Å²) >= 11 is 1.87. The van der Waals surface area contributed by atoms with E-state index >= 15 is 0 Å². The molecule has 7 heteroatoms. The van der Waals surface area contributed by atoms with Crippen LogP contribution in [0.15, 0.2) is 48.5 Å². The zero-order chi connectivity index (χ0) is 19.2. The van der Waals surface area contributed by atoms with Gasteiger partial charge in [-0.05, 0) is 30.2 Å². The molecule has 0 spiro atoms. The average Bonchev–Trinajstić information content (AvgIpc) is 2.70. The first kappa shape index (κ1) is 22.3. The minimum absolute atomic E-state index is 0. The van der Waals surface area contributed by atoms with Gasteiger partial charge < -0.3 is 16.0 Å². The molecule has 0 aromatic heterocycles. The van der Waals surface area contributed by atoms with Gasteiger partial charge in [0.05, 0.1) is 0 Å². The van der Waals surface area contributed by atoms with Crippen LogP contribution in [0, 0.1) is 6.92 Å². The van der Waals surface area contributed by atoms with Crippen molar-refractivity contribution < 1.29 is 9.59 Å².